The number of carbonyl (C=O) groups excluding carboxylic acids is 1. The predicted molar refractivity (Wildman–Crippen MR) is 82.5 cm³/mol. The molecule has 1 saturated carbocycles. The van der Waals surface area contributed by atoms with E-state index in [1.807, 2.05) is 25.6 Å². The van der Waals surface area contributed by atoms with Crippen LogP contribution in [-0.2, 0) is 23.1 Å². The smallest absolute Gasteiger partial charge is 0.308 e. The number of carbonyl (C=O) groups is 2. The minimum atomic E-state index is -0.850. The molecule has 1 aliphatic carbocycles. The Balaban J connectivity index is 1.98. The third kappa shape index (κ3) is 3.67. The number of nitrogens with zero attached hydrogens (tertiary/aromatic N) is 3. The molecule has 1 atom stereocenters. The molecule has 0 aliphatic heterocycles. The topological polar surface area (TPSA) is 75.4 Å². The van der Waals surface area contributed by atoms with Gasteiger partial charge < -0.3 is 10.0 Å². The predicted octanol–water partition coefficient (Wildman–Crippen LogP) is 1.68. The highest BCUT2D eigenvalue weighted by atomic mass is 16.4. The summed E-state index contributed by atoms with van der Waals surface area (Å²) in [5.41, 5.74) is 3.17. The summed E-state index contributed by atoms with van der Waals surface area (Å²) in [4.78, 5) is 25.3. The van der Waals surface area contributed by atoms with E-state index in [-0.39, 0.29) is 11.9 Å². The van der Waals surface area contributed by atoms with E-state index in [0.717, 1.165) is 29.8 Å². The van der Waals surface area contributed by atoms with Gasteiger partial charge in [-0.25, -0.2) is 0 Å². The lowest BCUT2D eigenvalue weighted by Crippen LogP contribution is -2.38. The van der Waals surface area contributed by atoms with Crippen molar-refractivity contribution in [1.29, 1.82) is 0 Å². The third-order valence-electron chi connectivity index (χ3n) is 4.45. The molecule has 22 heavy (non-hydrogen) atoms. The van der Waals surface area contributed by atoms with Crippen molar-refractivity contribution in [3.05, 3.63) is 17.0 Å². The van der Waals surface area contributed by atoms with Crippen molar-refractivity contribution >= 4 is 11.9 Å². The lowest BCUT2D eigenvalue weighted by molar-refractivity contribution is -0.143. The van der Waals surface area contributed by atoms with Crippen LogP contribution in [-0.4, -0.2) is 44.3 Å². The Labute approximate surface area is 131 Å². The van der Waals surface area contributed by atoms with Crippen LogP contribution in [0, 0.1) is 19.8 Å². The van der Waals surface area contributed by atoms with Crippen molar-refractivity contribution in [3.8, 4) is 0 Å². The highest BCUT2D eigenvalue weighted by Gasteiger charge is 2.34. The van der Waals surface area contributed by atoms with Crippen molar-refractivity contribution in [1.82, 2.24) is 14.7 Å². The number of aliphatic carboxylic acids is 1. The van der Waals surface area contributed by atoms with Crippen LogP contribution in [0.5, 0.6) is 0 Å². The molecule has 6 nitrogen and oxygen atoms in total. The first-order chi connectivity index (χ1) is 10.3. The monoisotopic (exact) mass is 307 g/mol. The Bertz CT molecular complexity index is 575. The van der Waals surface area contributed by atoms with Crippen molar-refractivity contribution in [2.75, 3.05) is 6.54 Å². The molecule has 1 aromatic rings. The molecule has 1 amide bonds. The normalized spacial score (nSPS) is 15.6. The van der Waals surface area contributed by atoms with Crippen molar-refractivity contribution in [2.45, 2.75) is 52.5 Å². The maximum atomic E-state index is 12.5. The van der Waals surface area contributed by atoms with Crippen LogP contribution in [0.1, 0.15) is 43.1 Å². The molecule has 122 valence electrons. The molecule has 6 heteroatoms. The minimum absolute atomic E-state index is 0.0539. The number of carboxylic acid groups (broad SMARTS) is 1. The van der Waals surface area contributed by atoms with Gasteiger partial charge in [0.05, 0.1) is 11.6 Å². The Morgan fingerprint density at radius 3 is 2.50 bits per heavy atom. The van der Waals surface area contributed by atoms with Gasteiger partial charge in [-0.05, 0) is 38.7 Å². The molecule has 1 unspecified atom stereocenters. The molecule has 0 spiro atoms. The molecule has 0 aromatic carbocycles. The summed E-state index contributed by atoms with van der Waals surface area (Å²) in [7, 11) is 1.90. The fourth-order valence-electron chi connectivity index (χ4n) is 2.77. The first-order valence-corrected chi connectivity index (χ1v) is 7.82. The number of aryl methyl sites for hydroxylation is 2. The number of aromatic nitrogens is 2. The average Bonchev–Trinajstić information content (AvgIpc) is 3.24. The van der Waals surface area contributed by atoms with Gasteiger partial charge >= 0.3 is 5.97 Å². The Morgan fingerprint density at radius 2 is 2.05 bits per heavy atom. The zero-order valence-electron chi connectivity index (χ0n) is 13.8. The van der Waals surface area contributed by atoms with E-state index in [1.165, 1.54) is 0 Å². The van der Waals surface area contributed by atoms with E-state index in [4.69, 9.17) is 5.11 Å². The Hall–Kier alpha value is -1.85. The van der Waals surface area contributed by atoms with Crippen molar-refractivity contribution < 1.29 is 14.7 Å². The quantitative estimate of drug-likeness (QED) is 0.831. The largest absolute Gasteiger partial charge is 0.481 e. The lowest BCUT2D eigenvalue weighted by Gasteiger charge is -2.24. The highest BCUT2D eigenvalue weighted by Crippen LogP contribution is 2.28. The number of carboxylic acids is 1. The molecule has 0 bridgehead atoms. The van der Waals surface area contributed by atoms with Crippen LogP contribution in [0.3, 0.4) is 0 Å². The van der Waals surface area contributed by atoms with Crippen LogP contribution in [0.15, 0.2) is 0 Å². The maximum absolute atomic E-state index is 12.5. The van der Waals surface area contributed by atoms with E-state index in [2.05, 4.69) is 5.10 Å². The molecule has 1 heterocycles. The lowest BCUT2D eigenvalue weighted by atomic mass is 10.1. The number of hydrogen-bond donors (Lipinski definition) is 1. The summed E-state index contributed by atoms with van der Waals surface area (Å²) in [6.07, 6.45) is 3.05. The second-order valence-corrected chi connectivity index (χ2v) is 6.29. The fourth-order valence-corrected chi connectivity index (χ4v) is 2.77. The van der Waals surface area contributed by atoms with Crippen LogP contribution >= 0.6 is 0 Å². The Kier molecular flexibility index (Phi) is 4.88. The SMILES string of the molecule is Cc1nn(C)c(C)c1CCC(=O)N(CC(C)C(=O)O)C1CC1. The van der Waals surface area contributed by atoms with E-state index in [9.17, 15) is 9.59 Å². The van der Waals surface area contributed by atoms with Gasteiger partial charge in [0.2, 0.25) is 5.91 Å². The average molecular weight is 307 g/mol. The molecule has 1 aliphatic rings. The van der Waals surface area contributed by atoms with Crippen molar-refractivity contribution in [2.24, 2.45) is 13.0 Å². The van der Waals surface area contributed by atoms with Gasteiger partial charge in [-0.15, -0.1) is 0 Å². The molecule has 1 fully saturated rings. The fraction of sp³-hybridized carbons (Fsp3) is 0.688. The van der Waals surface area contributed by atoms with E-state index in [1.54, 1.807) is 11.8 Å². The molecular formula is C16H25N3O3. The van der Waals surface area contributed by atoms with E-state index >= 15 is 0 Å². The first kappa shape index (κ1) is 16.5. The molecule has 1 N–H and O–H groups in total. The van der Waals surface area contributed by atoms with Crippen LogP contribution in [0.4, 0.5) is 0 Å². The summed E-state index contributed by atoms with van der Waals surface area (Å²) < 4.78 is 1.83. The third-order valence-corrected chi connectivity index (χ3v) is 4.45. The number of hydrogen-bond acceptors (Lipinski definition) is 3. The summed E-state index contributed by atoms with van der Waals surface area (Å²) in [5, 5.41) is 13.4. The van der Waals surface area contributed by atoms with Gasteiger partial charge in [-0.2, -0.15) is 5.10 Å². The molecule has 1 aromatic heterocycles. The summed E-state index contributed by atoms with van der Waals surface area (Å²) in [5.74, 6) is -1.32. The van der Waals surface area contributed by atoms with Gasteiger partial charge in [0.25, 0.3) is 0 Å². The maximum Gasteiger partial charge on any atom is 0.308 e. The van der Waals surface area contributed by atoms with E-state index in [0.29, 0.717) is 19.4 Å². The van der Waals surface area contributed by atoms with Gasteiger partial charge in [0, 0.05) is 31.7 Å². The minimum Gasteiger partial charge on any atom is -0.481 e. The standard InChI is InChI=1S/C16H25N3O3/c1-10(16(21)22)9-19(13-5-6-13)15(20)8-7-14-11(2)17-18(4)12(14)3/h10,13H,5-9H2,1-4H3,(H,21,22). The summed E-state index contributed by atoms with van der Waals surface area (Å²) in [6, 6.07) is 0.241. The molecule has 0 radical (unpaired) electrons. The Morgan fingerprint density at radius 1 is 1.41 bits per heavy atom. The van der Waals surface area contributed by atoms with Gasteiger partial charge in [-0.3, -0.25) is 14.3 Å². The zero-order valence-corrected chi connectivity index (χ0v) is 13.8. The number of amides is 1. The van der Waals surface area contributed by atoms with Crippen molar-refractivity contribution in [3.63, 3.8) is 0 Å². The summed E-state index contributed by atoms with van der Waals surface area (Å²) in [6.45, 7) is 5.92. The van der Waals surface area contributed by atoms with Crippen LogP contribution < -0.4 is 0 Å². The molecular weight excluding hydrogens is 282 g/mol. The second kappa shape index (κ2) is 6.50. The first-order valence-electron chi connectivity index (χ1n) is 7.82. The second-order valence-electron chi connectivity index (χ2n) is 6.29. The van der Waals surface area contributed by atoms with Gasteiger partial charge in [0.1, 0.15) is 0 Å². The zero-order chi connectivity index (χ0) is 16.4. The van der Waals surface area contributed by atoms with Gasteiger partial charge in [-0.1, -0.05) is 6.92 Å². The molecule has 0 saturated heterocycles. The van der Waals surface area contributed by atoms with Crippen LogP contribution in [0.25, 0.3) is 0 Å². The van der Waals surface area contributed by atoms with E-state index < -0.39 is 11.9 Å². The number of rotatable bonds is 7. The highest BCUT2D eigenvalue weighted by molar-refractivity contribution is 5.78. The molecule has 2 rings (SSSR count). The summed E-state index contributed by atoms with van der Waals surface area (Å²) >= 11 is 0. The van der Waals surface area contributed by atoms with Gasteiger partial charge in [0.15, 0.2) is 0 Å². The van der Waals surface area contributed by atoms with Crippen LogP contribution in [0.2, 0.25) is 0 Å².